The van der Waals surface area contributed by atoms with E-state index in [0.717, 1.165) is 17.9 Å². The molecule has 0 spiro atoms. The van der Waals surface area contributed by atoms with Crippen LogP contribution in [0.3, 0.4) is 0 Å². The monoisotopic (exact) mass is 265 g/mol. The van der Waals surface area contributed by atoms with Crippen LogP contribution in [0.1, 0.15) is 25.3 Å². The summed E-state index contributed by atoms with van der Waals surface area (Å²) in [4.78, 5) is 13.2. The van der Waals surface area contributed by atoms with Gasteiger partial charge >= 0.3 is 0 Å². The maximum atomic E-state index is 4.55. The van der Waals surface area contributed by atoms with Crippen molar-refractivity contribution < 1.29 is 0 Å². The SMILES string of the molecule is CCC[C@H](CNc1ncc(C)c(N(C)C)n1)N(C)C. The third-order valence-corrected chi connectivity index (χ3v) is 3.22. The lowest BCUT2D eigenvalue weighted by Gasteiger charge is -2.24. The Morgan fingerprint density at radius 1 is 1.26 bits per heavy atom. The number of rotatable bonds is 7. The van der Waals surface area contributed by atoms with Gasteiger partial charge < -0.3 is 15.1 Å². The van der Waals surface area contributed by atoms with E-state index in [1.807, 2.05) is 32.1 Å². The summed E-state index contributed by atoms with van der Waals surface area (Å²) in [5, 5.41) is 3.34. The van der Waals surface area contributed by atoms with E-state index in [1.165, 1.54) is 12.8 Å². The molecule has 0 fully saturated rings. The molecular weight excluding hydrogens is 238 g/mol. The molecule has 0 radical (unpaired) electrons. The number of nitrogens with zero attached hydrogens (tertiary/aromatic N) is 4. The summed E-state index contributed by atoms with van der Waals surface area (Å²) in [5.41, 5.74) is 1.09. The fraction of sp³-hybridized carbons (Fsp3) is 0.714. The fourth-order valence-electron chi connectivity index (χ4n) is 2.06. The van der Waals surface area contributed by atoms with Crippen molar-refractivity contribution in [2.45, 2.75) is 32.7 Å². The second-order valence-electron chi connectivity index (χ2n) is 5.38. The Kier molecular flexibility index (Phi) is 6.02. The van der Waals surface area contributed by atoms with E-state index < -0.39 is 0 Å². The Morgan fingerprint density at radius 2 is 1.95 bits per heavy atom. The van der Waals surface area contributed by atoms with Crippen molar-refractivity contribution in [3.05, 3.63) is 11.8 Å². The first kappa shape index (κ1) is 15.7. The highest BCUT2D eigenvalue weighted by atomic mass is 15.2. The average molecular weight is 265 g/mol. The molecule has 5 heteroatoms. The molecule has 1 aromatic rings. The van der Waals surface area contributed by atoms with E-state index in [1.54, 1.807) is 0 Å². The number of hydrogen-bond donors (Lipinski definition) is 1. The van der Waals surface area contributed by atoms with Gasteiger partial charge in [-0.3, -0.25) is 0 Å². The zero-order valence-electron chi connectivity index (χ0n) is 13.1. The van der Waals surface area contributed by atoms with E-state index in [9.17, 15) is 0 Å². The second kappa shape index (κ2) is 7.28. The molecule has 0 aliphatic rings. The molecule has 1 atom stereocenters. The maximum absolute atomic E-state index is 4.55. The standard InChI is InChI=1S/C14H27N5/c1-7-8-12(18(3)4)10-16-14-15-9-11(2)13(17-14)19(5)6/h9,12H,7-8,10H2,1-6H3,(H,15,16,17)/t12-/m1/s1. The summed E-state index contributed by atoms with van der Waals surface area (Å²) in [6, 6.07) is 0.512. The van der Waals surface area contributed by atoms with Crippen molar-refractivity contribution >= 4 is 11.8 Å². The van der Waals surface area contributed by atoms with E-state index in [0.29, 0.717) is 12.0 Å². The van der Waals surface area contributed by atoms with Crippen LogP contribution in [0.15, 0.2) is 6.20 Å². The number of aromatic nitrogens is 2. The van der Waals surface area contributed by atoms with Crippen molar-refractivity contribution in [3.8, 4) is 0 Å². The molecule has 0 unspecified atom stereocenters. The zero-order chi connectivity index (χ0) is 14.4. The molecule has 1 heterocycles. The van der Waals surface area contributed by atoms with Crippen molar-refractivity contribution in [2.24, 2.45) is 0 Å². The molecule has 0 bridgehead atoms. The van der Waals surface area contributed by atoms with Gasteiger partial charge in [0.15, 0.2) is 0 Å². The molecule has 1 aromatic heterocycles. The Bertz CT molecular complexity index is 389. The predicted molar refractivity (Wildman–Crippen MR) is 82.0 cm³/mol. The minimum absolute atomic E-state index is 0.512. The van der Waals surface area contributed by atoms with Crippen molar-refractivity contribution in [3.63, 3.8) is 0 Å². The molecule has 1 rings (SSSR count). The first-order valence-corrected chi connectivity index (χ1v) is 6.87. The quantitative estimate of drug-likeness (QED) is 0.817. The smallest absolute Gasteiger partial charge is 0.224 e. The Labute approximate surface area is 117 Å². The van der Waals surface area contributed by atoms with Gasteiger partial charge in [0.05, 0.1) is 0 Å². The minimum Gasteiger partial charge on any atom is -0.362 e. The van der Waals surface area contributed by atoms with Crippen molar-refractivity contribution in [1.29, 1.82) is 0 Å². The number of likely N-dealkylation sites (N-methyl/N-ethyl adjacent to an activating group) is 1. The Balaban J connectivity index is 2.69. The van der Waals surface area contributed by atoms with Crippen molar-refractivity contribution in [2.75, 3.05) is 45.0 Å². The van der Waals surface area contributed by atoms with Crippen LogP contribution in [-0.2, 0) is 0 Å². The molecular formula is C14H27N5. The summed E-state index contributed by atoms with van der Waals surface area (Å²) < 4.78 is 0. The van der Waals surface area contributed by atoms with Crippen LogP contribution in [0.2, 0.25) is 0 Å². The summed E-state index contributed by atoms with van der Waals surface area (Å²) >= 11 is 0. The lowest BCUT2D eigenvalue weighted by atomic mass is 10.1. The molecule has 5 nitrogen and oxygen atoms in total. The highest BCUT2D eigenvalue weighted by Crippen LogP contribution is 2.15. The van der Waals surface area contributed by atoms with Gasteiger partial charge in [0, 0.05) is 38.4 Å². The fourth-order valence-corrected chi connectivity index (χ4v) is 2.06. The summed E-state index contributed by atoms with van der Waals surface area (Å²) in [5.74, 6) is 1.67. The van der Waals surface area contributed by atoms with Gasteiger partial charge in [0.1, 0.15) is 5.82 Å². The van der Waals surface area contributed by atoms with Crippen LogP contribution in [0, 0.1) is 6.92 Å². The van der Waals surface area contributed by atoms with E-state index in [4.69, 9.17) is 0 Å². The number of aryl methyl sites for hydroxylation is 1. The molecule has 0 aliphatic carbocycles. The topological polar surface area (TPSA) is 44.3 Å². The number of nitrogens with one attached hydrogen (secondary N) is 1. The molecule has 0 aromatic carbocycles. The largest absolute Gasteiger partial charge is 0.362 e. The first-order valence-electron chi connectivity index (χ1n) is 6.87. The Morgan fingerprint density at radius 3 is 2.47 bits per heavy atom. The summed E-state index contributed by atoms with van der Waals surface area (Å²) in [7, 11) is 8.23. The van der Waals surface area contributed by atoms with Crippen LogP contribution in [0.5, 0.6) is 0 Å². The average Bonchev–Trinajstić information content (AvgIpc) is 2.35. The van der Waals surface area contributed by atoms with Gasteiger partial charge in [0.2, 0.25) is 5.95 Å². The summed E-state index contributed by atoms with van der Waals surface area (Å²) in [6.07, 6.45) is 4.23. The van der Waals surface area contributed by atoms with Crippen LogP contribution in [-0.4, -0.2) is 55.6 Å². The van der Waals surface area contributed by atoms with Gasteiger partial charge in [-0.15, -0.1) is 0 Å². The molecule has 19 heavy (non-hydrogen) atoms. The van der Waals surface area contributed by atoms with Gasteiger partial charge in [-0.25, -0.2) is 4.98 Å². The van der Waals surface area contributed by atoms with E-state index in [2.05, 4.69) is 41.2 Å². The maximum Gasteiger partial charge on any atom is 0.224 e. The summed E-state index contributed by atoms with van der Waals surface area (Å²) in [6.45, 7) is 5.11. The number of anilines is 2. The molecule has 1 N–H and O–H groups in total. The van der Waals surface area contributed by atoms with Gasteiger partial charge in [0.25, 0.3) is 0 Å². The zero-order valence-corrected chi connectivity index (χ0v) is 13.1. The van der Waals surface area contributed by atoms with Crippen LogP contribution >= 0.6 is 0 Å². The third-order valence-electron chi connectivity index (χ3n) is 3.22. The minimum atomic E-state index is 0.512. The third kappa shape index (κ3) is 4.67. The van der Waals surface area contributed by atoms with Crippen LogP contribution < -0.4 is 10.2 Å². The molecule has 0 saturated carbocycles. The van der Waals surface area contributed by atoms with Crippen LogP contribution in [0.25, 0.3) is 0 Å². The second-order valence-corrected chi connectivity index (χ2v) is 5.38. The molecule has 0 aliphatic heterocycles. The lowest BCUT2D eigenvalue weighted by Crippen LogP contribution is -2.34. The Hall–Kier alpha value is -1.36. The van der Waals surface area contributed by atoms with Gasteiger partial charge in [-0.1, -0.05) is 13.3 Å². The van der Waals surface area contributed by atoms with Gasteiger partial charge in [-0.2, -0.15) is 4.98 Å². The van der Waals surface area contributed by atoms with Crippen molar-refractivity contribution in [1.82, 2.24) is 14.9 Å². The predicted octanol–water partition coefficient (Wildman–Crippen LogP) is 1.99. The normalized spacial score (nSPS) is 12.6. The molecule has 0 amide bonds. The van der Waals surface area contributed by atoms with E-state index >= 15 is 0 Å². The van der Waals surface area contributed by atoms with Gasteiger partial charge in [-0.05, 0) is 27.4 Å². The first-order chi connectivity index (χ1) is 8.95. The molecule has 0 saturated heterocycles. The molecule has 108 valence electrons. The van der Waals surface area contributed by atoms with Crippen LogP contribution in [0.4, 0.5) is 11.8 Å². The highest BCUT2D eigenvalue weighted by Gasteiger charge is 2.11. The number of hydrogen-bond acceptors (Lipinski definition) is 5. The highest BCUT2D eigenvalue weighted by molar-refractivity contribution is 5.47. The lowest BCUT2D eigenvalue weighted by molar-refractivity contribution is 0.288. The van der Waals surface area contributed by atoms with E-state index in [-0.39, 0.29) is 0 Å².